The van der Waals surface area contributed by atoms with E-state index >= 15 is 0 Å². The highest BCUT2D eigenvalue weighted by atomic mass is 16.6. The van der Waals surface area contributed by atoms with Crippen LogP contribution in [-0.4, -0.2) is 62.8 Å². The summed E-state index contributed by atoms with van der Waals surface area (Å²) in [4.78, 5) is 20.6. The van der Waals surface area contributed by atoms with Gasteiger partial charge in [-0.3, -0.25) is 0 Å². The quantitative estimate of drug-likeness (QED) is 0.186. The lowest BCUT2D eigenvalue weighted by molar-refractivity contribution is -0.164. The maximum absolute atomic E-state index is 13.3. The number of aryl methyl sites for hydroxylation is 1. The molecule has 6 heterocycles. The maximum Gasteiger partial charge on any atom is 0.339 e. The maximum atomic E-state index is 13.3. The molecule has 10 heteroatoms. The molecule has 6 bridgehead atoms. The van der Waals surface area contributed by atoms with Crippen LogP contribution >= 0.6 is 0 Å². The molecule has 3 aliphatic heterocycles. The number of carbonyl (C=O) groups excluding carboxylic acids is 1. The molecule has 1 atom stereocenters. The van der Waals surface area contributed by atoms with Crippen molar-refractivity contribution in [3.63, 3.8) is 0 Å². The van der Waals surface area contributed by atoms with E-state index in [9.17, 15) is 4.79 Å². The highest BCUT2D eigenvalue weighted by Crippen LogP contribution is 2.41. The molecule has 0 aliphatic carbocycles. The third kappa shape index (κ3) is 6.82. The molecular weight excluding hydrogens is 580 g/mol. The van der Waals surface area contributed by atoms with E-state index in [1.165, 1.54) is 7.11 Å². The predicted molar refractivity (Wildman–Crippen MR) is 178 cm³/mol. The molecule has 1 aromatic carbocycles. The molecule has 46 heavy (non-hydrogen) atoms. The van der Waals surface area contributed by atoms with Crippen molar-refractivity contribution in [3.8, 4) is 11.6 Å². The van der Waals surface area contributed by atoms with E-state index in [-0.39, 0.29) is 5.41 Å². The Bertz CT molecular complexity index is 1720. The minimum absolute atomic E-state index is 0.209. The molecule has 0 N–H and O–H groups in total. The highest BCUT2D eigenvalue weighted by Gasteiger charge is 2.37. The SMILES string of the molecule is COC(=O)[C@@H](OC(C)(C)C)c1c(C)nc2cc3nn2c1N1CCC(C)(CCC=CCCOc2ccccc2Cc2cnn-3c2)CC1. The highest BCUT2D eigenvalue weighted by molar-refractivity contribution is 5.80. The molecule has 3 aliphatic rings. The summed E-state index contributed by atoms with van der Waals surface area (Å²) < 4.78 is 21.5. The van der Waals surface area contributed by atoms with Crippen LogP contribution in [-0.2, 0) is 20.7 Å². The Hall–Kier alpha value is -4.18. The minimum atomic E-state index is -0.962. The summed E-state index contributed by atoms with van der Waals surface area (Å²) in [5.74, 6) is 1.90. The molecule has 0 saturated carbocycles. The van der Waals surface area contributed by atoms with Gasteiger partial charge in [0.2, 0.25) is 0 Å². The molecule has 0 spiro atoms. The second-order valence-corrected chi connectivity index (χ2v) is 13.9. The van der Waals surface area contributed by atoms with E-state index in [1.54, 1.807) is 4.68 Å². The summed E-state index contributed by atoms with van der Waals surface area (Å²) in [6.45, 7) is 12.4. The number of para-hydroxylation sites is 1. The molecule has 1 saturated heterocycles. The van der Waals surface area contributed by atoms with Crippen LogP contribution in [0.4, 0.5) is 5.82 Å². The van der Waals surface area contributed by atoms with Crippen LogP contribution in [0.1, 0.15) is 88.3 Å². The first-order valence-corrected chi connectivity index (χ1v) is 16.3. The summed E-state index contributed by atoms with van der Waals surface area (Å²) in [6, 6.07) is 10.1. The summed E-state index contributed by atoms with van der Waals surface area (Å²) in [7, 11) is 1.40. The van der Waals surface area contributed by atoms with Crippen molar-refractivity contribution in [3.05, 3.63) is 77.3 Å². The van der Waals surface area contributed by atoms with E-state index in [0.717, 1.165) is 67.9 Å². The Balaban J connectivity index is 1.48. The molecule has 0 unspecified atom stereocenters. The van der Waals surface area contributed by atoms with Crippen molar-refractivity contribution in [2.75, 3.05) is 31.7 Å². The lowest BCUT2D eigenvalue weighted by Crippen LogP contribution is -2.41. The topological polar surface area (TPSA) is 96.0 Å². The van der Waals surface area contributed by atoms with Crippen molar-refractivity contribution >= 4 is 17.4 Å². The van der Waals surface area contributed by atoms with Gasteiger partial charge in [0.25, 0.3) is 0 Å². The van der Waals surface area contributed by atoms with Gasteiger partial charge in [0, 0.05) is 37.5 Å². The van der Waals surface area contributed by atoms with Crippen LogP contribution in [0.2, 0.25) is 0 Å². The Morgan fingerprint density at radius 1 is 1.09 bits per heavy atom. The number of carbonyl (C=O) groups is 1. The number of anilines is 1. The number of fused-ring (bicyclic) bond motifs is 7. The fraction of sp³-hybridized carbons (Fsp3) is 0.500. The molecule has 4 aromatic rings. The third-order valence-corrected chi connectivity index (χ3v) is 9.07. The molecule has 10 nitrogen and oxygen atoms in total. The summed E-state index contributed by atoms with van der Waals surface area (Å²) >= 11 is 0. The van der Waals surface area contributed by atoms with Crippen LogP contribution < -0.4 is 9.64 Å². The van der Waals surface area contributed by atoms with E-state index in [2.05, 4.69) is 35.1 Å². The third-order valence-electron chi connectivity index (χ3n) is 9.07. The average Bonchev–Trinajstić information content (AvgIpc) is 3.66. The number of rotatable bonds is 3. The zero-order chi connectivity index (χ0) is 32.5. The molecule has 244 valence electrons. The number of aromatic nitrogens is 5. The van der Waals surface area contributed by atoms with E-state index < -0.39 is 17.7 Å². The van der Waals surface area contributed by atoms with Crippen LogP contribution in [0.15, 0.2) is 54.9 Å². The Kier molecular flexibility index (Phi) is 8.92. The Labute approximate surface area is 271 Å². The van der Waals surface area contributed by atoms with Crippen molar-refractivity contribution in [1.29, 1.82) is 0 Å². The first kappa shape index (κ1) is 31.8. The fourth-order valence-electron chi connectivity index (χ4n) is 6.51. The number of allylic oxidation sites excluding steroid dienone is 1. The Morgan fingerprint density at radius 2 is 1.85 bits per heavy atom. The summed E-state index contributed by atoms with van der Waals surface area (Å²) in [6.07, 6.45) is 13.2. The van der Waals surface area contributed by atoms with Gasteiger partial charge in [-0.15, -0.1) is 5.10 Å². The number of methoxy groups -OCH3 is 1. The van der Waals surface area contributed by atoms with Crippen LogP contribution in [0, 0.1) is 12.3 Å². The first-order valence-electron chi connectivity index (χ1n) is 16.3. The van der Waals surface area contributed by atoms with Gasteiger partial charge in [-0.1, -0.05) is 37.3 Å². The normalized spacial score (nSPS) is 17.7. The molecule has 3 aromatic heterocycles. The molecule has 0 radical (unpaired) electrons. The van der Waals surface area contributed by atoms with Crippen LogP contribution in [0.25, 0.3) is 11.5 Å². The molecule has 1 fully saturated rings. The number of hydrogen-bond donors (Lipinski definition) is 0. The average molecular weight is 627 g/mol. The van der Waals surface area contributed by atoms with Gasteiger partial charge in [0.15, 0.2) is 17.6 Å². The van der Waals surface area contributed by atoms with Crippen molar-refractivity contribution < 1.29 is 19.0 Å². The Morgan fingerprint density at radius 3 is 2.61 bits per heavy atom. The number of esters is 1. The zero-order valence-corrected chi connectivity index (χ0v) is 28.0. The second kappa shape index (κ2) is 12.9. The number of hydrogen-bond acceptors (Lipinski definition) is 8. The standard InChI is InChI=1S/C36H46N6O4/c1-25-31(32(34(43)44-6)46-35(2,3)4)33-40-18-16-36(5,17-19-40)15-11-7-8-12-20-45-28-14-10-9-13-27(28)21-26-23-37-41(24-26)30-22-29(38-25)42(33)39-30/h7-10,13-14,22-24,32H,11-12,15-21H2,1-6H3/t32-/m0/s1. The van der Waals surface area contributed by atoms with Gasteiger partial charge in [0.1, 0.15) is 11.6 Å². The number of nitrogens with zero attached hydrogens (tertiary/aromatic N) is 6. The van der Waals surface area contributed by atoms with Gasteiger partial charge < -0.3 is 19.1 Å². The van der Waals surface area contributed by atoms with Gasteiger partial charge in [0.05, 0.1) is 31.1 Å². The second-order valence-electron chi connectivity index (χ2n) is 13.9. The number of piperidine rings is 1. The molecule has 7 rings (SSSR count). The molecule has 0 amide bonds. The van der Waals surface area contributed by atoms with Gasteiger partial charge in [-0.25, -0.2) is 14.5 Å². The van der Waals surface area contributed by atoms with Crippen molar-refractivity contribution in [2.24, 2.45) is 5.41 Å². The van der Waals surface area contributed by atoms with Gasteiger partial charge in [-0.05, 0) is 82.4 Å². The van der Waals surface area contributed by atoms with Crippen LogP contribution in [0.5, 0.6) is 5.75 Å². The van der Waals surface area contributed by atoms with Crippen molar-refractivity contribution in [2.45, 2.75) is 84.8 Å². The lowest BCUT2D eigenvalue weighted by atomic mass is 9.76. The lowest BCUT2D eigenvalue weighted by Gasteiger charge is -2.41. The zero-order valence-electron chi connectivity index (χ0n) is 28.0. The van der Waals surface area contributed by atoms with Gasteiger partial charge >= 0.3 is 5.97 Å². The first-order chi connectivity index (χ1) is 22.0. The fourth-order valence-corrected chi connectivity index (χ4v) is 6.51. The summed E-state index contributed by atoms with van der Waals surface area (Å²) in [5, 5.41) is 9.74. The number of benzene rings is 1. The van der Waals surface area contributed by atoms with E-state index in [1.807, 2.05) is 68.9 Å². The number of ether oxygens (including phenoxy) is 3. The van der Waals surface area contributed by atoms with Crippen molar-refractivity contribution in [1.82, 2.24) is 24.4 Å². The summed E-state index contributed by atoms with van der Waals surface area (Å²) in [5.41, 5.74) is 3.84. The minimum Gasteiger partial charge on any atom is -0.493 e. The predicted octanol–water partition coefficient (Wildman–Crippen LogP) is 6.57. The van der Waals surface area contributed by atoms with Gasteiger partial charge in [-0.2, -0.15) is 9.61 Å². The van der Waals surface area contributed by atoms with E-state index in [0.29, 0.717) is 35.8 Å². The monoisotopic (exact) mass is 626 g/mol. The van der Waals surface area contributed by atoms with Crippen LogP contribution in [0.3, 0.4) is 0 Å². The van der Waals surface area contributed by atoms with E-state index in [4.69, 9.17) is 24.3 Å². The molecular formula is C36H46N6O4. The largest absolute Gasteiger partial charge is 0.493 e. The smallest absolute Gasteiger partial charge is 0.339 e.